The number of nitrogens with zero attached hydrogens (tertiary/aromatic N) is 3. The molecule has 2 N–H and O–H groups in total. The SMILES string of the molecule is CCc1nc(SCC(=O)Nc2ccc(Cl)c([N+](=O)[O-])c2)n[nH]1. The van der Waals surface area contributed by atoms with Crippen molar-refractivity contribution >= 4 is 40.6 Å². The lowest BCUT2D eigenvalue weighted by molar-refractivity contribution is -0.384. The van der Waals surface area contributed by atoms with E-state index in [0.717, 1.165) is 12.2 Å². The number of aromatic amines is 1. The maximum absolute atomic E-state index is 11.8. The number of aromatic nitrogens is 3. The highest BCUT2D eigenvalue weighted by molar-refractivity contribution is 7.99. The number of H-pyrrole nitrogens is 1. The number of hydrogen-bond acceptors (Lipinski definition) is 6. The van der Waals surface area contributed by atoms with Gasteiger partial charge in [-0.15, -0.1) is 5.10 Å². The van der Waals surface area contributed by atoms with Crippen molar-refractivity contribution in [1.82, 2.24) is 15.2 Å². The van der Waals surface area contributed by atoms with Crippen LogP contribution in [0.4, 0.5) is 11.4 Å². The Morgan fingerprint density at radius 2 is 2.32 bits per heavy atom. The van der Waals surface area contributed by atoms with Gasteiger partial charge in [-0.1, -0.05) is 30.3 Å². The second kappa shape index (κ2) is 7.23. The quantitative estimate of drug-likeness (QED) is 0.474. The molecule has 2 aromatic rings. The van der Waals surface area contributed by atoms with Crippen molar-refractivity contribution in [2.75, 3.05) is 11.1 Å². The Balaban J connectivity index is 1.94. The van der Waals surface area contributed by atoms with Gasteiger partial charge >= 0.3 is 0 Å². The van der Waals surface area contributed by atoms with Gasteiger partial charge in [0.05, 0.1) is 10.7 Å². The Labute approximate surface area is 134 Å². The van der Waals surface area contributed by atoms with Crippen molar-refractivity contribution in [2.45, 2.75) is 18.5 Å². The van der Waals surface area contributed by atoms with E-state index >= 15 is 0 Å². The summed E-state index contributed by atoms with van der Waals surface area (Å²) in [6, 6.07) is 4.08. The molecule has 1 aromatic carbocycles. The van der Waals surface area contributed by atoms with E-state index in [0.29, 0.717) is 10.8 Å². The molecule has 1 aromatic heterocycles. The molecule has 0 spiro atoms. The first-order valence-corrected chi connectivity index (χ1v) is 7.63. The smallest absolute Gasteiger partial charge is 0.289 e. The molecule has 0 radical (unpaired) electrons. The summed E-state index contributed by atoms with van der Waals surface area (Å²) in [7, 11) is 0. The topological polar surface area (TPSA) is 114 Å². The van der Waals surface area contributed by atoms with Crippen molar-refractivity contribution < 1.29 is 9.72 Å². The lowest BCUT2D eigenvalue weighted by Gasteiger charge is -2.04. The molecule has 1 amide bonds. The maximum atomic E-state index is 11.8. The van der Waals surface area contributed by atoms with Crippen LogP contribution in [-0.4, -0.2) is 31.8 Å². The third-order valence-corrected chi connectivity index (χ3v) is 3.77. The average molecular weight is 342 g/mol. The Bertz CT molecular complexity index is 706. The molecule has 2 rings (SSSR count). The molecule has 0 fully saturated rings. The number of anilines is 1. The zero-order chi connectivity index (χ0) is 16.1. The van der Waals surface area contributed by atoms with E-state index in [1.165, 1.54) is 30.0 Å². The van der Waals surface area contributed by atoms with Crippen LogP contribution in [0.5, 0.6) is 0 Å². The Kier molecular flexibility index (Phi) is 5.34. The van der Waals surface area contributed by atoms with Crippen LogP contribution in [0, 0.1) is 10.1 Å². The summed E-state index contributed by atoms with van der Waals surface area (Å²) < 4.78 is 0. The van der Waals surface area contributed by atoms with Gasteiger partial charge in [-0.3, -0.25) is 20.0 Å². The number of rotatable bonds is 6. The average Bonchev–Trinajstić information content (AvgIpc) is 2.95. The van der Waals surface area contributed by atoms with Crippen LogP contribution in [0.3, 0.4) is 0 Å². The first-order valence-electron chi connectivity index (χ1n) is 6.27. The fourth-order valence-corrected chi connectivity index (χ4v) is 2.36. The third kappa shape index (κ3) is 4.18. The van der Waals surface area contributed by atoms with Gasteiger partial charge < -0.3 is 5.32 Å². The fraction of sp³-hybridized carbons (Fsp3) is 0.250. The van der Waals surface area contributed by atoms with E-state index in [2.05, 4.69) is 20.5 Å². The summed E-state index contributed by atoms with van der Waals surface area (Å²) in [4.78, 5) is 26.2. The molecule has 0 bridgehead atoms. The van der Waals surface area contributed by atoms with E-state index in [-0.39, 0.29) is 22.4 Å². The molecule has 0 aliphatic carbocycles. The number of benzene rings is 1. The van der Waals surface area contributed by atoms with Crippen molar-refractivity contribution in [3.05, 3.63) is 39.2 Å². The van der Waals surface area contributed by atoms with E-state index in [1.807, 2.05) is 6.92 Å². The number of carbonyl (C=O) groups is 1. The number of carbonyl (C=O) groups excluding carboxylic acids is 1. The van der Waals surface area contributed by atoms with Gasteiger partial charge in [0.25, 0.3) is 5.69 Å². The van der Waals surface area contributed by atoms with Gasteiger partial charge in [-0.05, 0) is 12.1 Å². The minimum atomic E-state index is -0.605. The number of halogens is 1. The summed E-state index contributed by atoms with van der Waals surface area (Å²) >= 11 is 6.88. The highest BCUT2D eigenvalue weighted by atomic mass is 35.5. The van der Waals surface area contributed by atoms with Crippen LogP contribution in [-0.2, 0) is 11.2 Å². The molecule has 0 aliphatic rings. The highest BCUT2D eigenvalue weighted by Crippen LogP contribution is 2.27. The summed E-state index contributed by atoms with van der Waals surface area (Å²) in [6.45, 7) is 1.94. The van der Waals surface area contributed by atoms with Gasteiger partial charge in [0, 0.05) is 18.2 Å². The first kappa shape index (κ1) is 16.2. The predicted octanol–water partition coefficient (Wildman–Crippen LogP) is 2.66. The van der Waals surface area contributed by atoms with Crippen LogP contribution in [0.15, 0.2) is 23.4 Å². The zero-order valence-electron chi connectivity index (χ0n) is 11.5. The lowest BCUT2D eigenvalue weighted by atomic mass is 10.3. The van der Waals surface area contributed by atoms with E-state index in [9.17, 15) is 14.9 Å². The van der Waals surface area contributed by atoms with Crippen molar-refractivity contribution in [3.63, 3.8) is 0 Å². The van der Waals surface area contributed by atoms with Gasteiger partial charge in [0.15, 0.2) is 0 Å². The molecular formula is C12H12ClN5O3S. The Morgan fingerprint density at radius 3 is 2.95 bits per heavy atom. The van der Waals surface area contributed by atoms with Crippen LogP contribution in [0.1, 0.15) is 12.7 Å². The molecule has 1 heterocycles. The molecule has 0 atom stereocenters. The summed E-state index contributed by atoms with van der Waals surface area (Å²) in [5.41, 5.74) is 0.0552. The number of thioether (sulfide) groups is 1. The van der Waals surface area contributed by atoms with E-state index < -0.39 is 4.92 Å². The normalized spacial score (nSPS) is 10.5. The molecule has 0 aliphatic heterocycles. The molecule has 22 heavy (non-hydrogen) atoms. The first-order chi connectivity index (χ1) is 10.5. The number of aryl methyl sites for hydroxylation is 1. The van der Waals surface area contributed by atoms with Gasteiger partial charge in [-0.25, -0.2) is 4.98 Å². The molecular weight excluding hydrogens is 330 g/mol. The van der Waals surface area contributed by atoms with Crippen LogP contribution in [0.25, 0.3) is 0 Å². The summed E-state index contributed by atoms with van der Waals surface area (Å²) in [5, 5.41) is 20.6. The molecule has 116 valence electrons. The number of amides is 1. The molecule has 0 saturated heterocycles. The monoisotopic (exact) mass is 341 g/mol. The van der Waals surface area contributed by atoms with Crippen molar-refractivity contribution in [1.29, 1.82) is 0 Å². The second-order valence-electron chi connectivity index (χ2n) is 4.18. The largest absolute Gasteiger partial charge is 0.325 e. The van der Waals surface area contributed by atoms with E-state index in [4.69, 9.17) is 11.6 Å². The number of nitrogens with one attached hydrogen (secondary N) is 2. The number of nitro groups is 1. The van der Waals surface area contributed by atoms with Crippen molar-refractivity contribution in [2.24, 2.45) is 0 Å². The summed E-state index contributed by atoms with van der Waals surface area (Å²) in [6.07, 6.45) is 0.730. The van der Waals surface area contributed by atoms with Crippen LogP contribution >= 0.6 is 23.4 Å². The molecule has 0 unspecified atom stereocenters. The third-order valence-electron chi connectivity index (χ3n) is 2.61. The van der Waals surface area contributed by atoms with Gasteiger partial charge in [-0.2, -0.15) is 0 Å². The highest BCUT2D eigenvalue weighted by Gasteiger charge is 2.14. The Hall–Kier alpha value is -2.13. The van der Waals surface area contributed by atoms with Gasteiger partial charge in [0.1, 0.15) is 10.8 Å². The predicted molar refractivity (Wildman–Crippen MR) is 83.2 cm³/mol. The number of hydrogen-bond donors (Lipinski definition) is 2. The Morgan fingerprint density at radius 1 is 1.55 bits per heavy atom. The molecule has 0 saturated carbocycles. The van der Waals surface area contributed by atoms with Gasteiger partial charge in [0.2, 0.25) is 11.1 Å². The minimum absolute atomic E-state index is 0.0187. The fourth-order valence-electron chi connectivity index (χ4n) is 1.56. The van der Waals surface area contributed by atoms with Crippen LogP contribution < -0.4 is 5.32 Å². The summed E-state index contributed by atoms with van der Waals surface area (Å²) in [5.74, 6) is 0.526. The van der Waals surface area contributed by atoms with Crippen molar-refractivity contribution in [3.8, 4) is 0 Å². The van der Waals surface area contributed by atoms with E-state index in [1.54, 1.807) is 0 Å². The maximum Gasteiger partial charge on any atom is 0.289 e. The second-order valence-corrected chi connectivity index (χ2v) is 5.53. The lowest BCUT2D eigenvalue weighted by Crippen LogP contribution is -2.14. The molecule has 8 nitrogen and oxygen atoms in total. The number of nitro benzene ring substituents is 1. The zero-order valence-corrected chi connectivity index (χ0v) is 13.1. The standard InChI is InChI=1S/C12H12ClN5O3S/c1-2-10-15-12(17-16-10)22-6-11(19)14-7-3-4-8(13)9(5-7)18(20)21/h3-5H,2,6H2,1H3,(H,14,19)(H,15,16,17). The minimum Gasteiger partial charge on any atom is -0.325 e. The van der Waals surface area contributed by atoms with Crippen LogP contribution in [0.2, 0.25) is 5.02 Å². The molecule has 10 heteroatoms.